The Balaban J connectivity index is 0.931. The number of carbonyl (C=O) groups excluding carboxylic acids is 8. The number of carbonyl (C=O) groups is 8. The summed E-state index contributed by atoms with van der Waals surface area (Å²) in [6, 6.07) is 30.6. The van der Waals surface area contributed by atoms with Gasteiger partial charge in [0.05, 0.1) is 11.1 Å². The molecule has 3 N–H and O–H groups in total. The number of hydrogen-bond donors (Lipinski definition) is 3. The molecule has 0 atom stereocenters. The summed E-state index contributed by atoms with van der Waals surface area (Å²) in [5, 5.41) is 23.1. The zero-order chi connectivity index (χ0) is 50.3. The van der Waals surface area contributed by atoms with E-state index in [4.69, 9.17) is 58.9 Å². The fraction of sp³-hybridized carbons (Fsp3) is 0.0392. The maximum atomic E-state index is 12.9. The van der Waals surface area contributed by atoms with Crippen LogP contribution in [0.4, 0.5) is 14.4 Å². The molecule has 6 aromatic carbocycles. The molecular weight excluding hydrogens is 927 g/mol. The van der Waals surface area contributed by atoms with Gasteiger partial charge in [-0.3, -0.25) is 25.8 Å². The second-order valence-electron chi connectivity index (χ2n) is 15.5. The van der Waals surface area contributed by atoms with Crippen molar-refractivity contribution in [3.8, 4) is 51.7 Å². The Kier molecular flexibility index (Phi) is 11.6. The van der Waals surface area contributed by atoms with E-state index in [9.17, 15) is 38.4 Å². The van der Waals surface area contributed by atoms with E-state index in [0.29, 0.717) is 16.7 Å². The van der Waals surface area contributed by atoms with Gasteiger partial charge in [0.15, 0.2) is 11.4 Å². The molecule has 71 heavy (non-hydrogen) atoms. The Labute approximate surface area is 398 Å². The molecule has 350 valence electrons. The van der Waals surface area contributed by atoms with E-state index < -0.39 is 70.5 Å². The van der Waals surface area contributed by atoms with Crippen molar-refractivity contribution in [2.75, 3.05) is 0 Å². The van der Waals surface area contributed by atoms with E-state index in [2.05, 4.69) is 6.58 Å². The van der Waals surface area contributed by atoms with Crippen LogP contribution in [0.3, 0.4) is 0 Å². The van der Waals surface area contributed by atoms with Gasteiger partial charge >= 0.3 is 36.4 Å². The lowest BCUT2D eigenvalue weighted by Crippen LogP contribution is -2.33. The van der Waals surface area contributed by atoms with Crippen LogP contribution in [0, 0.1) is 16.2 Å². The molecule has 9 rings (SSSR count). The van der Waals surface area contributed by atoms with Gasteiger partial charge in [-0.2, -0.15) is 0 Å². The minimum atomic E-state index is -1.17. The number of hydrogen-bond acceptors (Lipinski definition) is 20. The molecule has 0 saturated carbocycles. The number of benzene rings is 6. The zero-order valence-corrected chi connectivity index (χ0v) is 36.3. The van der Waals surface area contributed by atoms with Crippen LogP contribution in [-0.2, 0) is 19.8 Å². The van der Waals surface area contributed by atoms with Gasteiger partial charge in [-0.1, -0.05) is 43.0 Å². The van der Waals surface area contributed by atoms with E-state index in [1.165, 1.54) is 78.9 Å². The second kappa shape index (κ2) is 18.0. The van der Waals surface area contributed by atoms with Gasteiger partial charge in [-0.15, -0.1) is 0 Å². The van der Waals surface area contributed by atoms with Gasteiger partial charge in [0.2, 0.25) is 11.6 Å². The van der Waals surface area contributed by atoms with Crippen molar-refractivity contribution in [2.24, 2.45) is 0 Å². The highest BCUT2D eigenvalue weighted by molar-refractivity contribution is 6.68. The largest absolute Gasteiger partial charge is 0.519 e. The van der Waals surface area contributed by atoms with Crippen molar-refractivity contribution >= 4 is 70.6 Å². The summed E-state index contributed by atoms with van der Waals surface area (Å²) in [6.45, 7) is 5.61. The Hall–Kier alpha value is -10.4. The Morgan fingerprint density at radius 1 is 0.408 bits per heavy atom. The summed E-state index contributed by atoms with van der Waals surface area (Å²) in [6.07, 6.45) is -3.45. The van der Waals surface area contributed by atoms with Crippen LogP contribution in [0.15, 0.2) is 134 Å². The number of ketones is 2. The monoisotopic (exact) mass is 955 g/mol. The molecule has 0 bridgehead atoms. The fourth-order valence-corrected chi connectivity index (χ4v) is 7.45. The first-order valence-corrected chi connectivity index (χ1v) is 20.6. The van der Waals surface area contributed by atoms with Crippen LogP contribution in [0.1, 0.15) is 49.9 Å². The maximum absolute atomic E-state index is 12.9. The highest BCUT2D eigenvalue weighted by atomic mass is 16.7. The lowest BCUT2D eigenvalue weighted by molar-refractivity contribution is -0.128. The average molecular weight is 956 g/mol. The zero-order valence-electron chi connectivity index (χ0n) is 36.3. The first kappa shape index (κ1) is 45.8. The fourth-order valence-electron chi connectivity index (χ4n) is 7.45. The topological polar surface area (TPSA) is 291 Å². The number of esters is 3. The summed E-state index contributed by atoms with van der Waals surface area (Å²) in [5.41, 5.74) is -1.24. The van der Waals surface area contributed by atoms with Crippen LogP contribution in [-0.4, -0.2) is 65.1 Å². The molecule has 0 saturated heterocycles. The van der Waals surface area contributed by atoms with Crippen LogP contribution in [0.25, 0.3) is 5.57 Å². The number of fused-ring (bicyclic) bond motifs is 3. The molecule has 3 heterocycles. The van der Waals surface area contributed by atoms with E-state index in [0.717, 1.165) is 12.1 Å². The highest BCUT2D eigenvalue weighted by Gasteiger charge is 2.35. The van der Waals surface area contributed by atoms with Crippen LogP contribution in [0.5, 0.6) is 51.7 Å². The number of rotatable bonds is 9. The van der Waals surface area contributed by atoms with E-state index in [1.54, 1.807) is 36.4 Å². The molecule has 6 aromatic rings. The van der Waals surface area contributed by atoms with E-state index in [-0.39, 0.29) is 74.0 Å². The van der Waals surface area contributed by atoms with Crippen LogP contribution < -0.4 is 42.6 Å². The molecule has 0 aromatic heterocycles. The smallest absolute Gasteiger partial charge is 0.421 e. The molecule has 0 amide bonds. The molecule has 0 aliphatic carbocycles. The highest BCUT2D eigenvalue weighted by Crippen LogP contribution is 2.41. The molecule has 3 aliphatic heterocycles. The molecule has 0 radical (unpaired) electrons. The van der Waals surface area contributed by atoms with Crippen molar-refractivity contribution in [1.82, 2.24) is 0 Å². The molecular formula is C51H29N3O17. The predicted molar refractivity (Wildman–Crippen MR) is 242 cm³/mol. The number of Topliss-reactive ketones (excluding diaryl/α,β-unsaturated/α-hetero) is 2. The van der Waals surface area contributed by atoms with E-state index >= 15 is 0 Å². The van der Waals surface area contributed by atoms with Crippen molar-refractivity contribution in [1.29, 1.82) is 16.2 Å². The lowest BCUT2D eigenvalue weighted by Gasteiger charge is -2.32. The van der Waals surface area contributed by atoms with Crippen LogP contribution in [0.2, 0.25) is 0 Å². The number of ether oxygens (including phenoxy) is 9. The van der Waals surface area contributed by atoms with Crippen molar-refractivity contribution in [3.05, 3.63) is 167 Å². The minimum Gasteiger partial charge on any atom is -0.421 e. The predicted octanol–water partition coefficient (Wildman–Crippen LogP) is 7.97. The molecule has 20 heteroatoms. The normalized spacial score (nSPS) is 14.6. The van der Waals surface area contributed by atoms with Gasteiger partial charge in [-0.25, -0.2) is 28.8 Å². The Morgan fingerprint density at radius 3 is 1.01 bits per heavy atom. The SMILES string of the molecule is C=C1C(=N)C(=O)Oc2ccc(OC(=O)Oc3ccc(C(C)(c4ccc(OC(=O)Oc5ccc6c(c5)C(=O)C(=N)C(=O)O6)cc4)c4ccc(OC(=O)Oc5ccc6c(c5)C(=O)C(=N)C(=O)O6)cc4)cc3)cc21. The molecule has 3 aliphatic rings. The quantitative estimate of drug-likeness (QED) is 0.0535. The summed E-state index contributed by atoms with van der Waals surface area (Å²) in [7, 11) is 0. The Bertz CT molecular complexity index is 3060. The second-order valence-corrected chi connectivity index (χ2v) is 15.5. The third kappa shape index (κ3) is 8.96. The standard InChI is InChI=1S/C51H29N3O17/c1-24-34-21-31(15-18-37(34)69-45(57)40(24)52)66-48(60)63-28-9-3-25(4-10-28)51(2,26-5-11-29(12-6-26)64-49(61)67-32-16-19-38-35(22-32)43(55)41(53)46(58)70-38)27-7-13-30(14-8-27)65-50(62)68-33-17-20-39-36(23-33)44(56)42(54)47(59)71-39/h3-23,52-54H,1H2,2H3. The molecule has 20 nitrogen and oxygen atoms in total. The third-order valence-electron chi connectivity index (χ3n) is 11.1. The van der Waals surface area contributed by atoms with Crippen molar-refractivity contribution in [3.63, 3.8) is 0 Å². The average Bonchev–Trinajstić information content (AvgIpc) is 3.35. The summed E-state index contributed by atoms with van der Waals surface area (Å²) in [5.74, 6) is -4.93. The summed E-state index contributed by atoms with van der Waals surface area (Å²) >= 11 is 0. The summed E-state index contributed by atoms with van der Waals surface area (Å²) < 4.78 is 47.2. The maximum Gasteiger partial charge on any atom is 0.519 e. The van der Waals surface area contributed by atoms with Crippen molar-refractivity contribution in [2.45, 2.75) is 12.3 Å². The first-order chi connectivity index (χ1) is 33.9. The van der Waals surface area contributed by atoms with Gasteiger partial charge in [0.25, 0.3) is 0 Å². The third-order valence-corrected chi connectivity index (χ3v) is 11.1. The van der Waals surface area contributed by atoms with E-state index in [1.807, 2.05) is 6.92 Å². The van der Waals surface area contributed by atoms with Crippen LogP contribution >= 0.6 is 0 Å². The van der Waals surface area contributed by atoms with Gasteiger partial charge in [0.1, 0.15) is 57.5 Å². The number of nitrogens with one attached hydrogen (secondary N) is 3. The van der Waals surface area contributed by atoms with Gasteiger partial charge in [-0.05, 0) is 115 Å². The van der Waals surface area contributed by atoms with Gasteiger partial charge in [0, 0.05) is 16.6 Å². The molecule has 0 unspecified atom stereocenters. The Morgan fingerprint density at radius 2 is 0.676 bits per heavy atom. The molecule has 0 fully saturated rings. The lowest BCUT2D eigenvalue weighted by atomic mass is 9.71. The first-order valence-electron chi connectivity index (χ1n) is 20.6. The van der Waals surface area contributed by atoms with Crippen molar-refractivity contribution < 1.29 is 81.0 Å². The minimum absolute atomic E-state index is 0.0309. The molecule has 0 spiro atoms. The summed E-state index contributed by atoms with van der Waals surface area (Å²) in [4.78, 5) is 98.9. The van der Waals surface area contributed by atoms with Gasteiger partial charge < -0.3 is 42.6 Å².